The number of likely N-dealkylation sites (N-methyl/N-ethyl adjacent to an activating group) is 1. The Morgan fingerprint density at radius 3 is 2.60 bits per heavy atom. The molecule has 1 aromatic carbocycles. The van der Waals surface area contributed by atoms with Crippen LogP contribution in [0.5, 0.6) is 0 Å². The molecule has 0 amide bonds. The van der Waals surface area contributed by atoms with Crippen LogP contribution in [0.1, 0.15) is 50.8 Å². The van der Waals surface area contributed by atoms with Gasteiger partial charge in [0.1, 0.15) is 0 Å². The van der Waals surface area contributed by atoms with Gasteiger partial charge in [0.05, 0.1) is 12.1 Å². The van der Waals surface area contributed by atoms with Gasteiger partial charge in [-0.2, -0.15) is 0 Å². The molecule has 1 aromatic rings. The lowest BCUT2D eigenvalue weighted by Gasteiger charge is -2.27. The molecule has 2 atom stereocenters. The maximum absolute atomic E-state index is 6.03. The van der Waals surface area contributed by atoms with E-state index in [0.717, 1.165) is 18.9 Å². The van der Waals surface area contributed by atoms with Crippen molar-refractivity contribution in [2.75, 3.05) is 13.7 Å². The zero-order valence-electron chi connectivity index (χ0n) is 13.4. The van der Waals surface area contributed by atoms with Crippen LogP contribution in [0.4, 0.5) is 0 Å². The Morgan fingerprint density at radius 1 is 1.30 bits per heavy atom. The van der Waals surface area contributed by atoms with E-state index in [1.165, 1.54) is 24.0 Å². The van der Waals surface area contributed by atoms with E-state index in [1.807, 2.05) is 7.05 Å². The zero-order valence-corrected chi connectivity index (χ0v) is 13.4. The molecule has 0 saturated heterocycles. The SMILES string of the molecule is CCOC(C1CC1)C(NC)c1cccc(CC(C)C)c1. The van der Waals surface area contributed by atoms with E-state index in [1.54, 1.807) is 0 Å². The van der Waals surface area contributed by atoms with E-state index in [2.05, 4.69) is 50.4 Å². The third-order valence-electron chi connectivity index (χ3n) is 4.04. The van der Waals surface area contributed by atoms with Gasteiger partial charge in [0.15, 0.2) is 0 Å². The first-order valence-electron chi connectivity index (χ1n) is 8.03. The van der Waals surface area contributed by atoms with Crippen LogP contribution in [0.25, 0.3) is 0 Å². The molecule has 1 N–H and O–H groups in total. The summed E-state index contributed by atoms with van der Waals surface area (Å²) in [6, 6.07) is 9.33. The van der Waals surface area contributed by atoms with E-state index in [0.29, 0.717) is 18.1 Å². The van der Waals surface area contributed by atoms with Crippen molar-refractivity contribution in [2.45, 2.75) is 52.2 Å². The van der Waals surface area contributed by atoms with Crippen LogP contribution in [-0.2, 0) is 11.2 Å². The molecule has 1 fully saturated rings. The Labute approximate surface area is 123 Å². The second-order valence-electron chi connectivity index (χ2n) is 6.37. The number of benzene rings is 1. The number of nitrogens with one attached hydrogen (secondary N) is 1. The zero-order chi connectivity index (χ0) is 14.5. The molecule has 0 spiro atoms. The van der Waals surface area contributed by atoms with Crippen molar-refractivity contribution in [1.82, 2.24) is 5.32 Å². The fourth-order valence-electron chi connectivity index (χ4n) is 3.03. The monoisotopic (exact) mass is 275 g/mol. The maximum atomic E-state index is 6.03. The Balaban J connectivity index is 2.16. The van der Waals surface area contributed by atoms with Crippen LogP contribution in [-0.4, -0.2) is 19.8 Å². The second kappa shape index (κ2) is 7.24. The third kappa shape index (κ3) is 4.07. The molecule has 0 radical (unpaired) electrons. The molecule has 2 rings (SSSR count). The summed E-state index contributed by atoms with van der Waals surface area (Å²) >= 11 is 0. The fraction of sp³-hybridized carbons (Fsp3) is 0.667. The summed E-state index contributed by atoms with van der Waals surface area (Å²) in [6.45, 7) is 7.44. The molecule has 112 valence electrons. The molecule has 0 heterocycles. The van der Waals surface area contributed by atoms with Crippen LogP contribution in [0.15, 0.2) is 24.3 Å². The predicted octanol–water partition coefficient (Wildman–Crippen LogP) is 3.96. The van der Waals surface area contributed by atoms with Gasteiger partial charge >= 0.3 is 0 Å². The van der Waals surface area contributed by atoms with E-state index in [9.17, 15) is 0 Å². The molecule has 2 unspecified atom stereocenters. The minimum absolute atomic E-state index is 0.314. The fourth-order valence-corrected chi connectivity index (χ4v) is 3.03. The summed E-state index contributed by atoms with van der Waals surface area (Å²) in [4.78, 5) is 0. The molecule has 0 aliphatic heterocycles. The summed E-state index contributed by atoms with van der Waals surface area (Å²) in [6.07, 6.45) is 4.09. The Kier molecular flexibility index (Phi) is 5.62. The smallest absolute Gasteiger partial charge is 0.0797 e. The summed E-state index contributed by atoms with van der Waals surface area (Å²) < 4.78 is 6.03. The highest BCUT2D eigenvalue weighted by atomic mass is 16.5. The maximum Gasteiger partial charge on any atom is 0.0797 e. The Bertz CT molecular complexity index is 412. The van der Waals surface area contributed by atoms with Gasteiger partial charge in [-0.15, -0.1) is 0 Å². The Hall–Kier alpha value is -0.860. The normalized spacial score (nSPS) is 18.2. The number of rotatable bonds is 8. The van der Waals surface area contributed by atoms with Crippen molar-refractivity contribution in [1.29, 1.82) is 0 Å². The minimum Gasteiger partial charge on any atom is -0.376 e. The molecule has 0 bridgehead atoms. The number of hydrogen-bond acceptors (Lipinski definition) is 2. The summed E-state index contributed by atoms with van der Waals surface area (Å²) in [7, 11) is 2.05. The second-order valence-corrected chi connectivity index (χ2v) is 6.37. The molecule has 1 saturated carbocycles. The number of hydrogen-bond donors (Lipinski definition) is 1. The standard InChI is InChI=1S/C18H29NO/c1-5-20-18(15-9-10-15)17(19-4)16-8-6-7-14(12-16)11-13(2)3/h6-8,12-13,15,17-19H,5,9-11H2,1-4H3. The van der Waals surface area contributed by atoms with Crippen molar-refractivity contribution < 1.29 is 4.74 Å². The average Bonchev–Trinajstić information content (AvgIpc) is 3.22. The Morgan fingerprint density at radius 2 is 2.05 bits per heavy atom. The molecule has 2 heteroatoms. The highest BCUT2D eigenvalue weighted by molar-refractivity contribution is 5.27. The van der Waals surface area contributed by atoms with Gasteiger partial charge in [-0.25, -0.2) is 0 Å². The molecule has 1 aliphatic rings. The summed E-state index contributed by atoms with van der Waals surface area (Å²) in [5.41, 5.74) is 2.81. The third-order valence-corrected chi connectivity index (χ3v) is 4.04. The first-order chi connectivity index (χ1) is 9.65. The lowest BCUT2D eigenvalue weighted by atomic mass is 9.94. The topological polar surface area (TPSA) is 21.3 Å². The minimum atomic E-state index is 0.314. The van der Waals surface area contributed by atoms with E-state index >= 15 is 0 Å². The van der Waals surface area contributed by atoms with Crippen LogP contribution in [0.2, 0.25) is 0 Å². The van der Waals surface area contributed by atoms with E-state index in [-0.39, 0.29) is 0 Å². The van der Waals surface area contributed by atoms with Crippen molar-refractivity contribution in [3.63, 3.8) is 0 Å². The van der Waals surface area contributed by atoms with E-state index in [4.69, 9.17) is 4.74 Å². The van der Waals surface area contributed by atoms with Crippen LogP contribution in [0.3, 0.4) is 0 Å². The van der Waals surface area contributed by atoms with Gasteiger partial charge in [-0.3, -0.25) is 0 Å². The van der Waals surface area contributed by atoms with Gasteiger partial charge < -0.3 is 10.1 Å². The first kappa shape index (κ1) is 15.5. The largest absolute Gasteiger partial charge is 0.376 e. The molecule has 2 nitrogen and oxygen atoms in total. The van der Waals surface area contributed by atoms with Gasteiger partial charge in [0, 0.05) is 6.61 Å². The quantitative estimate of drug-likeness (QED) is 0.775. The average molecular weight is 275 g/mol. The van der Waals surface area contributed by atoms with Crippen LogP contribution >= 0.6 is 0 Å². The predicted molar refractivity (Wildman–Crippen MR) is 84.9 cm³/mol. The summed E-state index contributed by atoms with van der Waals surface area (Å²) in [5, 5.41) is 3.48. The van der Waals surface area contributed by atoms with Crippen molar-refractivity contribution >= 4 is 0 Å². The lowest BCUT2D eigenvalue weighted by Crippen LogP contribution is -2.33. The molecule has 1 aliphatic carbocycles. The van der Waals surface area contributed by atoms with Crippen molar-refractivity contribution in [2.24, 2.45) is 11.8 Å². The van der Waals surface area contributed by atoms with Crippen molar-refractivity contribution in [3.8, 4) is 0 Å². The highest BCUT2D eigenvalue weighted by Gasteiger charge is 2.37. The van der Waals surface area contributed by atoms with Gasteiger partial charge in [-0.1, -0.05) is 38.1 Å². The molecular formula is C18H29NO. The molecule has 0 aromatic heterocycles. The van der Waals surface area contributed by atoms with Crippen molar-refractivity contribution in [3.05, 3.63) is 35.4 Å². The number of ether oxygens (including phenoxy) is 1. The van der Waals surface area contributed by atoms with Gasteiger partial charge in [0.25, 0.3) is 0 Å². The highest BCUT2D eigenvalue weighted by Crippen LogP contribution is 2.40. The molecular weight excluding hydrogens is 246 g/mol. The van der Waals surface area contributed by atoms with E-state index < -0.39 is 0 Å². The lowest BCUT2D eigenvalue weighted by molar-refractivity contribution is 0.0204. The van der Waals surface area contributed by atoms with Crippen LogP contribution in [0, 0.1) is 11.8 Å². The summed E-state index contributed by atoms with van der Waals surface area (Å²) in [5.74, 6) is 1.44. The van der Waals surface area contributed by atoms with Gasteiger partial charge in [0.2, 0.25) is 0 Å². The van der Waals surface area contributed by atoms with Crippen LogP contribution < -0.4 is 5.32 Å². The first-order valence-corrected chi connectivity index (χ1v) is 8.03. The molecule has 20 heavy (non-hydrogen) atoms. The van der Waals surface area contributed by atoms with Gasteiger partial charge in [-0.05, 0) is 56.2 Å².